The van der Waals surface area contributed by atoms with Gasteiger partial charge in [0.2, 0.25) is 0 Å². The summed E-state index contributed by atoms with van der Waals surface area (Å²) in [6, 6.07) is 9.51. The molecule has 0 radical (unpaired) electrons. The van der Waals surface area contributed by atoms with Crippen LogP contribution in [0.25, 0.3) is 0 Å². The van der Waals surface area contributed by atoms with Gasteiger partial charge in [-0.05, 0) is 45.8 Å². The van der Waals surface area contributed by atoms with E-state index < -0.39 is 11.9 Å². The molecule has 1 N–H and O–H groups in total. The van der Waals surface area contributed by atoms with Gasteiger partial charge in [0.15, 0.2) is 0 Å². The quantitative estimate of drug-likeness (QED) is 0.922. The normalized spacial score (nSPS) is 12.1. The molecule has 0 fully saturated rings. The lowest BCUT2D eigenvalue weighted by Crippen LogP contribution is -2.05. The van der Waals surface area contributed by atoms with Crippen molar-refractivity contribution < 1.29 is 19.0 Å². The van der Waals surface area contributed by atoms with Gasteiger partial charge < -0.3 is 14.6 Å². The van der Waals surface area contributed by atoms with Crippen molar-refractivity contribution in [3.05, 3.63) is 57.8 Å². The number of ether oxygens (including phenoxy) is 2. The maximum Gasteiger partial charge on any atom is 0.133 e. The molecule has 1 unspecified atom stereocenters. The van der Waals surface area contributed by atoms with Crippen molar-refractivity contribution in [3.8, 4) is 11.5 Å². The predicted molar refractivity (Wildman–Crippen MR) is 77.7 cm³/mol. The van der Waals surface area contributed by atoms with E-state index in [0.717, 1.165) is 0 Å². The highest BCUT2D eigenvalue weighted by atomic mass is 79.9. The molecule has 2 aromatic rings. The Balaban J connectivity index is 2.46. The van der Waals surface area contributed by atoms with Crippen LogP contribution in [0.2, 0.25) is 0 Å². The molecule has 1 atom stereocenters. The summed E-state index contributed by atoms with van der Waals surface area (Å²) in [6.45, 7) is 0. The molecule has 20 heavy (non-hydrogen) atoms. The fraction of sp³-hybridized carbons (Fsp3) is 0.200. The SMILES string of the molecule is COc1ccc(C(O)c2c(F)cccc2OC)cc1Br. The molecule has 0 aromatic heterocycles. The number of rotatable bonds is 4. The van der Waals surface area contributed by atoms with Gasteiger partial charge in [0.05, 0.1) is 24.3 Å². The summed E-state index contributed by atoms with van der Waals surface area (Å²) in [5.41, 5.74) is 0.660. The predicted octanol–water partition coefficient (Wildman–Crippen LogP) is 3.69. The van der Waals surface area contributed by atoms with Gasteiger partial charge in [0, 0.05) is 0 Å². The maximum absolute atomic E-state index is 13.9. The molecule has 0 saturated carbocycles. The number of aliphatic hydroxyl groups is 1. The maximum atomic E-state index is 13.9. The summed E-state index contributed by atoms with van der Waals surface area (Å²) >= 11 is 3.34. The Morgan fingerprint density at radius 2 is 1.80 bits per heavy atom. The Hall–Kier alpha value is -1.59. The van der Waals surface area contributed by atoms with E-state index in [-0.39, 0.29) is 5.56 Å². The average Bonchev–Trinajstić information content (AvgIpc) is 2.46. The fourth-order valence-electron chi connectivity index (χ4n) is 1.98. The smallest absolute Gasteiger partial charge is 0.133 e. The summed E-state index contributed by atoms with van der Waals surface area (Å²) in [4.78, 5) is 0. The molecule has 2 rings (SSSR count). The Labute approximate surface area is 125 Å². The van der Waals surface area contributed by atoms with Crippen LogP contribution in [0.15, 0.2) is 40.9 Å². The molecular weight excluding hydrogens is 327 g/mol. The Kier molecular flexibility index (Phi) is 4.62. The first-order chi connectivity index (χ1) is 9.58. The topological polar surface area (TPSA) is 38.7 Å². The van der Waals surface area contributed by atoms with Crippen molar-refractivity contribution in [1.82, 2.24) is 0 Å². The minimum Gasteiger partial charge on any atom is -0.496 e. The van der Waals surface area contributed by atoms with Crippen LogP contribution in [-0.4, -0.2) is 19.3 Å². The van der Waals surface area contributed by atoms with Crippen molar-refractivity contribution >= 4 is 15.9 Å². The Morgan fingerprint density at radius 1 is 1.10 bits per heavy atom. The number of benzene rings is 2. The van der Waals surface area contributed by atoms with Crippen molar-refractivity contribution in [2.75, 3.05) is 14.2 Å². The highest BCUT2D eigenvalue weighted by Gasteiger charge is 2.20. The summed E-state index contributed by atoms with van der Waals surface area (Å²) in [5.74, 6) is 0.440. The van der Waals surface area contributed by atoms with E-state index >= 15 is 0 Å². The summed E-state index contributed by atoms with van der Waals surface area (Å²) in [5, 5.41) is 10.4. The number of hydrogen-bond donors (Lipinski definition) is 1. The van der Waals surface area contributed by atoms with Gasteiger partial charge in [-0.15, -0.1) is 0 Å². The molecule has 0 aliphatic heterocycles. The number of halogens is 2. The molecule has 0 bridgehead atoms. The molecule has 0 saturated heterocycles. The molecule has 0 aliphatic carbocycles. The first-order valence-electron chi connectivity index (χ1n) is 5.92. The van der Waals surface area contributed by atoms with Crippen LogP contribution in [-0.2, 0) is 0 Å². The molecule has 0 amide bonds. The average molecular weight is 341 g/mol. The lowest BCUT2D eigenvalue weighted by molar-refractivity contribution is 0.208. The Bertz CT molecular complexity index is 616. The third kappa shape index (κ3) is 2.78. The van der Waals surface area contributed by atoms with E-state index in [0.29, 0.717) is 21.5 Å². The van der Waals surface area contributed by atoms with Crippen LogP contribution in [0.5, 0.6) is 11.5 Å². The van der Waals surface area contributed by atoms with Crippen LogP contribution in [0.3, 0.4) is 0 Å². The van der Waals surface area contributed by atoms with Gasteiger partial charge in [-0.3, -0.25) is 0 Å². The zero-order chi connectivity index (χ0) is 14.7. The zero-order valence-corrected chi connectivity index (χ0v) is 12.6. The van der Waals surface area contributed by atoms with Gasteiger partial charge in [-0.25, -0.2) is 4.39 Å². The van der Waals surface area contributed by atoms with Gasteiger partial charge in [0.25, 0.3) is 0 Å². The highest BCUT2D eigenvalue weighted by molar-refractivity contribution is 9.10. The van der Waals surface area contributed by atoms with Crippen molar-refractivity contribution in [2.45, 2.75) is 6.10 Å². The molecule has 3 nitrogen and oxygen atoms in total. The standard InChI is InChI=1S/C15H14BrFO3/c1-19-12-7-6-9(8-10(12)16)15(18)14-11(17)4-3-5-13(14)20-2/h3-8,15,18H,1-2H3. The minimum absolute atomic E-state index is 0.118. The molecule has 0 spiro atoms. The van der Waals surface area contributed by atoms with Crippen molar-refractivity contribution in [1.29, 1.82) is 0 Å². The minimum atomic E-state index is -1.12. The molecule has 0 aliphatic rings. The molecular formula is C15H14BrFO3. The van der Waals surface area contributed by atoms with E-state index in [9.17, 15) is 9.50 Å². The second kappa shape index (κ2) is 6.24. The van der Waals surface area contributed by atoms with Gasteiger partial charge in [-0.2, -0.15) is 0 Å². The zero-order valence-electron chi connectivity index (χ0n) is 11.1. The largest absolute Gasteiger partial charge is 0.496 e. The van der Waals surface area contributed by atoms with Gasteiger partial charge in [-0.1, -0.05) is 12.1 Å². The first kappa shape index (κ1) is 14.8. The summed E-state index contributed by atoms with van der Waals surface area (Å²) < 4.78 is 24.9. The highest BCUT2D eigenvalue weighted by Crippen LogP contribution is 2.35. The summed E-state index contributed by atoms with van der Waals surface area (Å²) in [7, 11) is 2.99. The lowest BCUT2D eigenvalue weighted by Gasteiger charge is -2.16. The third-order valence-corrected chi connectivity index (χ3v) is 3.62. The number of methoxy groups -OCH3 is 2. The molecule has 5 heteroatoms. The van der Waals surface area contributed by atoms with Crippen LogP contribution in [0.4, 0.5) is 4.39 Å². The Morgan fingerprint density at radius 3 is 2.40 bits per heavy atom. The fourth-order valence-corrected chi connectivity index (χ4v) is 2.54. The molecule has 106 valence electrons. The van der Waals surface area contributed by atoms with E-state index in [1.165, 1.54) is 19.2 Å². The lowest BCUT2D eigenvalue weighted by atomic mass is 10.00. The summed E-state index contributed by atoms with van der Waals surface area (Å²) in [6.07, 6.45) is -1.12. The second-order valence-electron chi connectivity index (χ2n) is 4.15. The first-order valence-corrected chi connectivity index (χ1v) is 6.71. The van der Waals surface area contributed by atoms with E-state index in [1.807, 2.05) is 0 Å². The van der Waals surface area contributed by atoms with Crippen LogP contribution in [0, 0.1) is 5.82 Å². The monoisotopic (exact) mass is 340 g/mol. The van der Waals surface area contributed by atoms with E-state index in [2.05, 4.69) is 15.9 Å². The van der Waals surface area contributed by atoms with E-state index in [1.54, 1.807) is 31.4 Å². The van der Waals surface area contributed by atoms with Crippen molar-refractivity contribution in [3.63, 3.8) is 0 Å². The second-order valence-corrected chi connectivity index (χ2v) is 5.01. The third-order valence-electron chi connectivity index (χ3n) is 3.00. The van der Waals surface area contributed by atoms with Gasteiger partial charge >= 0.3 is 0 Å². The van der Waals surface area contributed by atoms with Crippen LogP contribution >= 0.6 is 15.9 Å². The van der Waals surface area contributed by atoms with Gasteiger partial charge in [0.1, 0.15) is 23.4 Å². The van der Waals surface area contributed by atoms with Crippen LogP contribution in [0.1, 0.15) is 17.2 Å². The number of aliphatic hydroxyl groups excluding tert-OH is 1. The molecule has 2 aromatic carbocycles. The number of hydrogen-bond acceptors (Lipinski definition) is 3. The molecule has 0 heterocycles. The van der Waals surface area contributed by atoms with Crippen molar-refractivity contribution in [2.24, 2.45) is 0 Å². The van der Waals surface area contributed by atoms with Crippen LogP contribution < -0.4 is 9.47 Å². The van der Waals surface area contributed by atoms with E-state index in [4.69, 9.17) is 9.47 Å².